The number of aryl methyl sites for hydroxylation is 1. The van der Waals surface area contributed by atoms with Gasteiger partial charge in [-0.1, -0.05) is 56.3 Å². The third-order valence-electron chi connectivity index (χ3n) is 5.94. The van der Waals surface area contributed by atoms with Crippen LogP contribution >= 0.6 is 0 Å². The molecule has 3 aromatic rings. The molecule has 1 fully saturated rings. The monoisotopic (exact) mass is 471 g/mol. The van der Waals surface area contributed by atoms with Gasteiger partial charge in [-0.05, 0) is 54.3 Å². The van der Waals surface area contributed by atoms with Gasteiger partial charge in [0.1, 0.15) is 17.3 Å². The van der Waals surface area contributed by atoms with Crippen molar-refractivity contribution in [1.82, 2.24) is 0 Å². The molecule has 1 amide bonds. The lowest BCUT2D eigenvalue weighted by Gasteiger charge is -2.27. The van der Waals surface area contributed by atoms with Crippen LogP contribution in [0.4, 0.5) is 5.69 Å². The van der Waals surface area contributed by atoms with Gasteiger partial charge in [-0.2, -0.15) is 0 Å². The van der Waals surface area contributed by atoms with Crippen LogP contribution in [-0.4, -0.2) is 30.5 Å². The average molecular weight is 472 g/mol. The third kappa shape index (κ3) is 4.78. The summed E-state index contributed by atoms with van der Waals surface area (Å²) in [5.41, 5.74) is 2.58. The number of amides is 1. The molecule has 1 aliphatic rings. The van der Waals surface area contributed by atoms with Crippen LogP contribution in [0.3, 0.4) is 0 Å². The van der Waals surface area contributed by atoms with Crippen LogP contribution in [0.25, 0.3) is 5.76 Å². The van der Waals surface area contributed by atoms with Gasteiger partial charge in [0.2, 0.25) is 0 Å². The number of methoxy groups -OCH3 is 1. The molecule has 6 nitrogen and oxygen atoms in total. The van der Waals surface area contributed by atoms with Gasteiger partial charge >= 0.3 is 0 Å². The average Bonchev–Trinajstić information content (AvgIpc) is 3.13. The number of aliphatic hydroxyl groups excluding tert-OH is 1. The molecule has 0 aliphatic carbocycles. The first-order valence-electron chi connectivity index (χ1n) is 11.6. The van der Waals surface area contributed by atoms with Crippen LogP contribution in [0.2, 0.25) is 0 Å². The summed E-state index contributed by atoms with van der Waals surface area (Å²) in [5.74, 6) is -0.0977. The number of nitrogens with zero attached hydrogens (tertiary/aromatic N) is 1. The van der Waals surface area contributed by atoms with Crippen LogP contribution in [-0.2, 0) is 9.59 Å². The van der Waals surface area contributed by atoms with Crippen LogP contribution in [0.1, 0.15) is 36.6 Å². The van der Waals surface area contributed by atoms with E-state index < -0.39 is 17.7 Å². The van der Waals surface area contributed by atoms with Crippen LogP contribution < -0.4 is 14.4 Å². The Morgan fingerprint density at radius 3 is 2.34 bits per heavy atom. The first-order valence-corrected chi connectivity index (χ1v) is 11.6. The largest absolute Gasteiger partial charge is 0.507 e. The molecule has 180 valence electrons. The van der Waals surface area contributed by atoms with Gasteiger partial charge in [0.25, 0.3) is 11.7 Å². The normalized spacial score (nSPS) is 17.2. The maximum atomic E-state index is 13.4. The van der Waals surface area contributed by atoms with Crippen molar-refractivity contribution in [3.05, 3.63) is 95.1 Å². The summed E-state index contributed by atoms with van der Waals surface area (Å²) in [4.78, 5) is 28.2. The van der Waals surface area contributed by atoms with Gasteiger partial charge in [-0.3, -0.25) is 14.5 Å². The van der Waals surface area contributed by atoms with E-state index in [1.165, 1.54) is 4.90 Å². The van der Waals surface area contributed by atoms with Crippen LogP contribution in [0.15, 0.2) is 78.4 Å². The van der Waals surface area contributed by atoms with E-state index in [9.17, 15) is 14.7 Å². The van der Waals surface area contributed by atoms with Crippen molar-refractivity contribution in [2.45, 2.75) is 26.8 Å². The predicted molar refractivity (Wildman–Crippen MR) is 136 cm³/mol. The summed E-state index contributed by atoms with van der Waals surface area (Å²) in [6.07, 6.45) is 0. The lowest BCUT2D eigenvalue weighted by molar-refractivity contribution is -0.132. The second-order valence-corrected chi connectivity index (χ2v) is 8.96. The number of Topliss-reactive ketones (excluding diaryl/α,β-unsaturated/α-hetero) is 1. The predicted octanol–water partition coefficient (Wildman–Crippen LogP) is 5.66. The minimum Gasteiger partial charge on any atom is -0.507 e. The summed E-state index contributed by atoms with van der Waals surface area (Å²) in [7, 11) is 1.57. The number of hydrogen-bond donors (Lipinski definition) is 1. The Balaban J connectivity index is 1.87. The van der Waals surface area contributed by atoms with Gasteiger partial charge in [-0.25, -0.2) is 0 Å². The number of carbonyl (C=O) groups is 2. The van der Waals surface area contributed by atoms with E-state index in [1.807, 2.05) is 39.0 Å². The van der Waals surface area contributed by atoms with Crippen molar-refractivity contribution in [3.63, 3.8) is 0 Å². The Bertz CT molecular complexity index is 1280. The van der Waals surface area contributed by atoms with Crippen molar-refractivity contribution in [1.29, 1.82) is 0 Å². The van der Waals surface area contributed by atoms with Crippen molar-refractivity contribution < 1.29 is 24.2 Å². The fraction of sp³-hybridized carbons (Fsp3) is 0.241. The zero-order valence-electron chi connectivity index (χ0n) is 20.3. The first-order chi connectivity index (χ1) is 16.8. The van der Waals surface area contributed by atoms with Gasteiger partial charge in [0.15, 0.2) is 0 Å². The Hall–Kier alpha value is -4.06. The van der Waals surface area contributed by atoms with Crippen molar-refractivity contribution >= 4 is 23.1 Å². The van der Waals surface area contributed by atoms with E-state index in [-0.39, 0.29) is 11.3 Å². The number of ketones is 1. The minimum atomic E-state index is -0.803. The molecule has 1 aliphatic heterocycles. The summed E-state index contributed by atoms with van der Waals surface area (Å²) in [6, 6.07) is 20.7. The van der Waals surface area contributed by atoms with E-state index in [0.717, 1.165) is 5.56 Å². The number of aliphatic hydroxyl groups is 1. The summed E-state index contributed by atoms with van der Waals surface area (Å²) in [6.45, 7) is 6.50. The number of hydrogen-bond acceptors (Lipinski definition) is 5. The molecule has 3 aromatic carbocycles. The highest BCUT2D eigenvalue weighted by Gasteiger charge is 2.47. The van der Waals surface area contributed by atoms with E-state index in [2.05, 4.69) is 0 Å². The number of rotatable bonds is 7. The molecule has 0 aromatic heterocycles. The summed E-state index contributed by atoms with van der Waals surface area (Å²) < 4.78 is 11.1. The molecule has 35 heavy (non-hydrogen) atoms. The fourth-order valence-corrected chi connectivity index (χ4v) is 4.17. The molecule has 1 N–H and O–H groups in total. The Morgan fingerprint density at radius 1 is 0.971 bits per heavy atom. The van der Waals surface area contributed by atoms with Crippen LogP contribution in [0, 0.1) is 12.8 Å². The molecule has 1 heterocycles. The Morgan fingerprint density at radius 2 is 1.69 bits per heavy atom. The van der Waals surface area contributed by atoms with Crippen molar-refractivity contribution in [3.8, 4) is 11.5 Å². The molecule has 4 rings (SSSR count). The summed E-state index contributed by atoms with van der Waals surface area (Å²) >= 11 is 0. The standard InChI is InChI=1S/C29H29NO5/c1-18(2)17-35-23-10-7-9-21(16-23)27(31)25-26(20-12-14-22(34-4)15-13-20)30(29(33)28(25)32)24-11-6-5-8-19(24)3/h5-16,18,26,31H,17H2,1-4H3/b27-25-. The molecule has 1 saturated heterocycles. The quantitative estimate of drug-likeness (QED) is 0.273. The SMILES string of the molecule is COc1ccc(C2/C(=C(/O)c3cccc(OCC(C)C)c3)C(=O)C(=O)N2c2ccccc2C)cc1. The first kappa shape index (κ1) is 24.1. The number of anilines is 1. The maximum absolute atomic E-state index is 13.4. The lowest BCUT2D eigenvalue weighted by Crippen LogP contribution is -2.30. The zero-order chi connectivity index (χ0) is 25.1. The number of para-hydroxylation sites is 1. The highest BCUT2D eigenvalue weighted by Crippen LogP contribution is 2.43. The maximum Gasteiger partial charge on any atom is 0.300 e. The highest BCUT2D eigenvalue weighted by atomic mass is 16.5. The van der Waals surface area contributed by atoms with E-state index in [0.29, 0.717) is 40.8 Å². The lowest BCUT2D eigenvalue weighted by atomic mass is 9.94. The van der Waals surface area contributed by atoms with E-state index in [4.69, 9.17) is 9.47 Å². The number of benzene rings is 3. The molecule has 6 heteroatoms. The van der Waals surface area contributed by atoms with E-state index in [1.54, 1.807) is 61.7 Å². The van der Waals surface area contributed by atoms with Gasteiger partial charge in [0, 0.05) is 11.3 Å². The van der Waals surface area contributed by atoms with Gasteiger partial charge < -0.3 is 14.6 Å². The number of carbonyl (C=O) groups excluding carboxylic acids is 2. The molecular weight excluding hydrogens is 442 g/mol. The zero-order valence-corrected chi connectivity index (χ0v) is 20.3. The molecule has 0 spiro atoms. The fourth-order valence-electron chi connectivity index (χ4n) is 4.17. The van der Waals surface area contributed by atoms with Gasteiger partial charge in [0.05, 0.1) is 25.3 Å². The molecule has 0 saturated carbocycles. The number of ether oxygens (including phenoxy) is 2. The van der Waals surface area contributed by atoms with Crippen LogP contribution in [0.5, 0.6) is 11.5 Å². The third-order valence-corrected chi connectivity index (χ3v) is 5.94. The van der Waals surface area contributed by atoms with E-state index >= 15 is 0 Å². The molecule has 0 bridgehead atoms. The molecule has 1 unspecified atom stereocenters. The summed E-state index contributed by atoms with van der Waals surface area (Å²) in [5, 5.41) is 11.4. The molecular formula is C29H29NO5. The second-order valence-electron chi connectivity index (χ2n) is 8.96. The van der Waals surface area contributed by atoms with Crippen molar-refractivity contribution in [2.24, 2.45) is 5.92 Å². The Kier molecular flexibility index (Phi) is 6.92. The molecule has 1 atom stereocenters. The Labute approximate surface area is 205 Å². The highest BCUT2D eigenvalue weighted by molar-refractivity contribution is 6.51. The minimum absolute atomic E-state index is 0.0319. The second kappa shape index (κ2) is 10.1. The van der Waals surface area contributed by atoms with Gasteiger partial charge in [-0.15, -0.1) is 0 Å². The topological polar surface area (TPSA) is 76.1 Å². The smallest absolute Gasteiger partial charge is 0.300 e. The molecule has 0 radical (unpaired) electrons. The van der Waals surface area contributed by atoms with Crippen molar-refractivity contribution in [2.75, 3.05) is 18.6 Å².